The third-order valence-electron chi connectivity index (χ3n) is 1.82. The minimum absolute atomic E-state index is 0.0981. The van der Waals surface area contributed by atoms with Crippen LogP contribution in [0.25, 0.3) is 0 Å². The van der Waals surface area contributed by atoms with Gasteiger partial charge in [0.2, 0.25) is 0 Å². The number of ketones is 1. The van der Waals surface area contributed by atoms with Crippen LogP contribution in [0.15, 0.2) is 18.3 Å². The number of rotatable bonds is 5. The topological polar surface area (TPSA) is 62.1 Å². The second kappa shape index (κ2) is 4.79. The van der Waals surface area contributed by atoms with Crippen molar-refractivity contribution >= 4 is 5.78 Å². The molecular formula is C9H15N3O. The summed E-state index contributed by atoms with van der Waals surface area (Å²) in [7, 11) is 1.88. The van der Waals surface area contributed by atoms with Gasteiger partial charge < -0.3 is 10.7 Å². The van der Waals surface area contributed by atoms with Crippen molar-refractivity contribution in [3.05, 3.63) is 24.0 Å². The van der Waals surface area contributed by atoms with Gasteiger partial charge in [0.05, 0.1) is 12.2 Å². The third-order valence-corrected chi connectivity index (χ3v) is 1.82. The molecule has 1 heterocycles. The highest BCUT2D eigenvalue weighted by Gasteiger charge is 2.08. The summed E-state index contributed by atoms with van der Waals surface area (Å²) in [6, 6.07) is 3.59. The first kappa shape index (κ1) is 9.95. The van der Waals surface area contributed by atoms with Gasteiger partial charge in [-0.25, -0.2) is 0 Å². The SMILES string of the molecule is CN(CCN)CC(=O)c1ccc[nH]1. The van der Waals surface area contributed by atoms with E-state index in [2.05, 4.69) is 4.98 Å². The Hall–Kier alpha value is -1.13. The number of carbonyl (C=O) groups excluding carboxylic acids is 1. The van der Waals surface area contributed by atoms with Crippen LogP contribution in [-0.4, -0.2) is 42.3 Å². The second-order valence-corrected chi connectivity index (χ2v) is 3.03. The highest BCUT2D eigenvalue weighted by Crippen LogP contribution is 1.97. The zero-order chi connectivity index (χ0) is 9.68. The van der Waals surface area contributed by atoms with Crippen molar-refractivity contribution in [1.82, 2.24) is 9.88 Å². The molecule has 0 saturated carbocycles. The number of nitrogens with zero attached hydrogens (tertiary/aromatic N) is 1. The Morgan fingerprint density at radius 2 is 2.46 bits per heavy atom. The van der Waals surface area contributed by atoms with Crippen LogP contribution >= 0.6 is 0 Å². The van der Waals surface area contributed by atoms with Gasteiger partial charge in [-0.3, -0.25) is 9.69 Å². The standard InChI is InChI=1S/C9H15N3O/c1-12(6-4-10)7-9(13)8-3-2-5-11-8/h2-3,5,11H,4,6-7,10H2,1H3. The summed E-state index contributed by atoms with van der Waals surface area (Å²) in [5.74, 6) is 0.0981. The average Bonchev–Trinajstić information content (AvgIpc) is 2.55. The molecule has 0 unspecified atom stereocenters. The predicted molar refractivity (Wildman–Crippen MR) is 51.7 cm³/mol. The number of nitrogens with one attached hydrogen (secondary N) is 1. The number of Topliss-reactive ketones (excluding diaryl/α,β-unsaturated/α-hetero) is 1. The van der Waals surface area contributed by atoms with Crippen molar-refractivity contribution in [3.63, 3.8) is 0 Å². The lowest BCUT2D eigenvalue weighted by molar-refractivity contribution is 0.0943. The number of likely N-dealkylation sites (N-methyl/N-ethyl adjacent to an activating group) is 1. The van der Waals surface area contributed by atoms with Crippen LogP contribution in [0.2, 0.25) is 0 Å². The van der Waals surface area contributed by atoms with Crippen LogP contribution < -0.4 is 5.73 Å². The summed E-state index contributed by atoms with van der Waals surface area (Å²) in [5, 5.41) is 0. The van der Waals surface area contributed by atoms with Gasteiger partial charge in [0.15, 0.2) is 5.78 Å². The predicted octanol–water partition coefficient (Wildman–Crippen LogP) is 0.0879. The molecule has 0 aromatic carbocycles. The fourth-order valence-corrected chi connectivity index (χ4v) is 1.13. The van der Waals surface area contributed by atoms with Crippen molar-refractivity contribution in [3.8, 4) is 0 Å². The van der Waals surface area contributed by atoms with Crippen LogP contribution in [0.1, 0.15) is 10.5 Å². The number of nitrogens with two attached hydrogens (primary N) is 1. The van der Waals surface area contributed by atoms with Gasteiger partial charge in [0.25, 0.3) is 0 Å². The number of aromatic nitrogens is 1. The number of hydrogen-bond donors (Lipinski definition) is 2. The minimum Gasteiger partial charge on any atom is -0.359 e. The Morgan fingerprint density at radius 1 is 1.69 bits per heavy atom. The molecule has 0 radical (unpaired) electrons. The Morgan fingerprint density at radius 3 is 3.00 bits per heavy atom. The first-order valence-corrected chi connectivity index (χ1v) is 4.29. The maximum Gasteiger partial charge on any atom is 0.192 e. The highest BCUT2D eigenvalue weighted by atomic mass is 16.1. The molecular weight excluding hydrogens is 166 g/mol. The second-order valence-electron chi connectivity index (χ2n) is 3.03. The van der Waals surface area contributed by atoms with Gasteiger partial charge in [-0.05, 0) is 19.2 Å². The van der Waals surface area contributed by atoms with E-state index in [9.17, 15) is 4.79 Å². The molecule has 1 aromatic rings. The fourth-order valence-electron chi connectivity index (χ4n) is 1.13. The summed E-state index contributed by atoms with van der Waals surface area (Å²) >= 11 is 0. The fraction of sp³-hybridized carbons (Fsp3) is 0.444. The summed E-state index contributed by atoms with van der Waals surface area (Å²) in [5.41, 5.74) is 6.02. The molecule has 0 aliphatic heterocycles. The summed E-state index contributed by atoms with van der Waals surface area (Å²) in [4.78, 5) is 16.3. The van der Waals surface area contributed by atoms with E-state index in [4.69, 9.17) is 5.73 Å². The average molecular weight is 181 g/mol. The van der Waals surface area contributed by atoms with Gasteiger partial charge in [-0.2, -0.15) is 0 Å². The van der Waals surface area contributed by atoms with Crippen LogP contribution in [0.5, 0.6) is 0 Å². The van der Waals surface area contributed by atoms with E-state index in [1.54, 1.807) is 12.3 Å². The Labute approximate surface area is 77.7 Å². The molecule has 0 bridgehead atoms. The van der Waals surface area contributed by atoms with Gasteiger partial charge in [0, 0.05) is 19.3 Å². The highest BCUT2D eigenvalue weighted by molar-refractivity contribution is 5.95. The monoisotopic (exact) mass is 181 g/mol. The van der Waals surface area contributed by atoms with E-state index in [-0.39, 0.29) is 5.78 Å². The van der Waals surface area contributed by atoms with Crippen molar-refractivity contribution in [2.24, 2.45) is 5.73 Å². The Bertz CT molecular complexity index is 256. The molecule has 13 heavy (non-hydrogen) atoms. The van der Waals surface area contributed by atoms with Gasteiger partial charge in [-0.15, -0.1) is 0 Å². The maximum atomic E-state index is 11.5. The van der Waals surface area contributed by atoms with Crippen LogP contribution in [0, 0.1) is 0 Å². The van der Waals surface area contributed by atoms with Crippen molar-refractivity contribution in [2.75, 3.05) is 26.7 Å². The molecule has 4 nitrogen and oxygen atoms in total. The maximum absolute atomic E-state index is 11.5. The number of hydrogen-bond acceptors (Lipinski definition) is 3. The van der Waals surface area contributed by atoms with E-state index in [0.717, 1.165) is 6.54 Å². The quantitative estimate of drug-likeness (QED) is 0.633. The van der Waals surface area contributed by atoms with E-state index in [1.807, 2.05) is 18.0 Å². The van der Waals surface area contributed by atoms with E-state index in [0.29, 0.717) is 18.8 Å². The molecule has 4 heteroatoms. The molecule has 3 N–H and O–H groups in total. The van der Waals surface area contributed by atoms with Gasteiger partial charge in [-0.1, -0.05) is 0 Å². The zero-order valence-electron chi connectivity index (χ0n) is 7.79. The largest absolute Gasteiger partial charge is 0.359 e. The van der Waals surface area contributed by atoms with E-state index in [1.165, 1.54) is 0 Å². The van der Waals surface area contributed by atoms with Crippen LogP contribution in [0.3, 0.4) is 0 Å². The zero-order valence-corrected chi connectivity index (χ0v) is 7.79. The summed E-state index contributed by atoms with van der Waals surface area (Å²) in [6.45, 7) is 1.73. The molecule has 0 aliphatic rings. The molecule has 0 fully saturated rings. The normalized spacial score (nSPS) is 10.7. The Kier molecular flexibility index (Phi) is 3.67. The molecule has 0 aliphatic carbocycles. The first-order chi connectivity index (χ1) is 6.24. The summed E-state index contributed by atoms with van der Waals surface area (Å²) < 4.78 is 0. The molecule has 0 spiro atoms. The van der Waals surface area contributed by atoms with E-state index >= 15 is 0 Å². The lowest BCUT2D eigenvalue weighted by Gasteiger charge is -2.13. The van der Waals surface area contributed by atoms with Crippen LogP contribution in [-0.2, 0) is 0 Å². The third kappa shape index (κ3) is 3.01. The van der Waals surface area contributed by atoms with Gasteiger partial charge >= 0.3 is 0 Å². The molecule has 0 atom stereocenters. The molecule has 0 saturated heterocycles. The number of H-pyrrole nitrogens is 1. The minimum atomic E-state index is 0.0981. The van der Waals surface area contributed by atoms with Crippen molar-refractivity contribution in [2.45, 2.75) is 0 Å². The van der Waals surface area contributed by atoms with Crippen molar-refractivity contribution < 1.29 is 4.79 Å². The Balaban J connectivity index is 2.42. The lowest BCUT2D eigenvalue weighted by atomic mass is 10.3. The number of carbonyl (C=O) groups is 1. The molecule has 72 valence electrons. The number of aromatic amines is 1. The molecule has 1 aromatic heterocycles. The molecule has 0 amide bonds. The summed E-state index contributed by atoms with van der Waals surface area (Å²) in [6.07, 6.45) is 1.75. The smallest absolute Gasteiger partial charge is 0.192 e. The lowest BCUT2D eigenvalue weighted by Crippen LogP contribution is -2.30. The molecule has 1 rings (SSSR count). The first-order valence-electron chi connectivity index (χ1n) is 4.29. The van der Waals surface area contributed by atoms with E-state index < -0.39 is 0 Å². The van der Waals surface area contributed by atoms with Gasteiger partial charge in [0.1, 0.15) is 0 Å². The van der Waals surface area contributed by atoms with Crippen LogP contribution in [0.4, 0.5) is 0 Å². The van der Waals surface area contributed by atoms with Crippen molar-refractivity contribution in [1.29, 1.82) is 0 Å².